The highest BCUT2D eigenvalue weighted by Gasteiger charge is 2.09. The number of nitrogens with two attached hydrogens (primary N) is 1. The lowest BCUT2D eigenvalue weighted by atomic mass is 10.0. The first kappa shape index (κ1) is 16.0. The Labute approximate surface area is 117 Å². The summed E-state index contributed by atoms with van der Waals surface area (Å²) in [6.07, 6.45) is 3.03. The van der Waals surface area contributed by atoms with Crippen molar-refractivity contribution in [3.8, 4) is 5.75 Å². The van der Waals surface area contributed by atoms with Crippen molar-refractivity contribution in [3.05, 3.63) is 29.3 Å². The third-order valence-corrected chi connectivity index (χ3v) is 3.27. The Balaban J connectivity index is 2.43. The molecule has 0 saturated heterocycles. The third kappa shape index (κ3) is 6.08. The van der Waals surface area contributed by atoms with E-state index in [-0.39, 0.29) is 5.54 Å². The fourth-order valence-electron chi connectivity index (χ4n) is 2.01. The zero-order valence-corrected chi connectivity index (χ0v) is 12.8. The molecule has 1 aromatic rings. The molecule has 1 aromatic carbocycles. The molecule has 108 valence electrons. The Morgan fingerprint density at radius 1 is 1.26 bits per heavy atom. The van der Waals surface area contributed by atoms with Crippen LogP contribution >= 0.6 is 0 Å². The zero-order valence-electron chi connectivity index (χ0n) is 12.8. The molecule has 0 spiro atoms. The summed E-state index contributed by atoms with van der Waals surface area (Å²) in [7, 11) is 1.73. The lowest BCUT2D eigenvalue weighted by Crippen LogP contribution is -2.36. The van der Waals surface area contributed by atoms with Crippen LogP contribution in [0.2, 0.25) is 0 Å². The first-order valence-electron chi connectivity index (χ1n) is 7.11. The summed E-state index contributed by atoms with van der Waals surface area (Å²) >= 11 is 0. The molecule has 0 fully saturated rings. The van der Waals surface area contributed by atoms with Crippen molar-refractivity contribution in [1.29, 1.82) is 0 Å². The summed E-state index contributed by atoms with van der Waals surface area (Å²) in [5.74, 6) is 0.984. The summed E-state index contributed by atoms with van der Waals surface area (Å²) in [6, 6.07) is 6.44. The lowest BCUT2D eigenvalue weighted by Gasteiger charge is -2.18. The Bertz CT molecular complexity index is 383. The normalized spacial score (nSPS) is 11.6. The topological polar surface area (TPSA) is 47.3 Å². The fourth-order valence-corrected chi connectivity index (χ4v) is 2.01. The van der Waals surface area contributed by atoms with Gasteiger partial charge in [0, 0.05) is 5.54 Å². The van der Waals surface area contributed by atoms with E-state index in [0.29, 0.717) is 0 Å². The van der Waals surface area contributed by atoms with Crippen LogP contribution in [-0.2, 0) is 12.8 Å². The van der Waals surface area contributed by atoms with Crippen molar-refractivity contribution >= 4 is 0 Å². The molecule has 0 saturated carbocycles. The average Bonchev–Trinajstić information content (AvgIpc) is 2.36. The van der Waals surface area contributed by atoms with Gasteiger partial charge in [0.2, 0.25) is 0 Å². The molecule has 19 heavy (non-hydrogen) atoms. The van der Waals surface area contributed by atoms with Gasteiger partial charge < -0.3 is 15.8 Å². The molecule has 3 N–H and O–H groups in total. The van der Waals surface area contributed by atoms with Crippen LogP contribution < -0.4 is 15.8 Å². The van der Waals surface area contributed by atoms with Crippen LogP contribution in [0.5, 0.6) is 5.75 Å². The molecule has 3 nitrogen and oxygen atoms in total. The number of hydrogen-bond acceptors (Lipinski definition) is 3. The van der Waals surface area contributed by atoms with E-state index in [9.17, 15) is 0 Å². The van der Waals surface area contributed by atoms with E-state index in [1.165, 1.54) is 11.1 Å². The monoisotopic (exact) mass is 264 g/mol. The predicted octanol–water partition coefficient (Wildman–Crippen LogP) is 2.52. The number of nitrogens with one attached hydrogen (secondary N) is 1. The van der Waals surface area contributed by atoms with Crippen molar-refractivity contribution < 1.29 is 4.74 Å². The number of methoxy groups -OCH3 is 1. The summed E-state index contributed by atoms with van der Waals surface area (Å²) in [4.78, 5) is 0. The maximum absolute atomic E-state index is 5.95. The van der Waals surface area contributed by atoms with Gasteiger partial charge in [-0.15, -0.1) is 0 Å². The van der Waals surface area contributed by atoms with Gasteiger partial charge in [-0.25, -0.2) is 0 Å². The molecular formula is C16H28N2O. The number of aryl methyl sites for hydroxylation is 1. The van der Waals surface area contributed by atoms with Crippen molar-refractivity contribution in [3.63, 3.8) is 0 Å². The van der Waals surface area contributed by atoms with E-state index in [2.05, 4.69) is 44.3 Å². The van der Waals surface area contributed by atoms with E-state index in [1.54, 1.807) is 7.11 Å². The molecule has 3 heteroatoms. The van der Waals surface area contributed by atoms with Crippen molar-refractivity contribution in [1.82, 2.24) is 5.32 Å². The summed E-state index contributed by atoms with van der Waals surface area (Å²) in [5.41, 5.74) is 8.50. The highest BCUT2D eigenvalue weighted by molar-refractivity contribution is 5.37. The smallest absolute Gasteiger partial charge is 0.122 e. The van der Waals surface area contributed by atoms with E-state index in [1.807, 2.05) is 0 Å². The lowest BCUT2D eigenvalue weighted by molar-refractivity contribution is 0.408. The van der Waals surface area contributed by atoms with Gasteiger partial charge >= 0.3 is 0 Å². The zero-order chi connectivity index (χ0) is 14.3. The van der Waals surface area contributed by atoms with Gasteiger partial charge in [0.15, 0.2) is 0 Å². The highest BCUT2D eigenvalue weighted by Crippen LogP contribution is 2.20. The minimum absolute atomic E-state index is 0.0905. The molecule has 0 heterocycles. The third-order valence-electron chi connectivity index (χ3n) is 3.27. The molecule has 0 radical (unpaired) electrons. The standard InChI is InChI=1S/C16H28N2O/c1-5-13-6-7-15(19-4)14(12-13)8-10-18-11-9-16(2,3)17/h6-7,12,18H,5,8-11,17H2,1-4H3. The largest absolute Gasteiger partial charge is 0.496 e. The van der Waals surface area contributed by atoms with Gasteiger partial charge in [-0.05, 0) is 63.4 Å². The van der Waals surface area contributed by atoms with Crippen LogP contribution in [0.25, 0.3) is 0 Å². The predicted molar refractivity (Wildman–Crippen MR) is 81.8 cm³/mol. The number of benzene rings is 1. The van der Waals surface area contributed by atoms with Crippen molar-refractivity contribution in [2.24, 2.45) is 5.73 Å². The van der Waals surface area contributed by atoms with Gasteiger partial charge in [-0.1, -0.05) is 19.1 Å². The molecule has 0 bridgehead atoms. The highest BCUT2D eigenvalue weighted by atomic mass is 16.5. The summed E-state index contributed by atoms with van der Waals surface area (Å²) < 4.78 is 5.41. The van der Waals surface area contributed by atoms with Gasteiger partial charge in [0.1, 0.15) is 5.75 Å². The summed E-state index contributed by atoms with van der Waals surface area (Å²) in [6.45, 7) is 8.21. The second kappa shape index (κ2) is 7.51. The molecule has 0 amide bonds. The quantitative estimate of drug-likeness (QED) is 0.709. The first-order valence-corrected chi connectivity index (χ1v) is 7.11. The van der Waals surface area contributed by atoms with Gasteiger partial charge in [0.05, 0.1) is 7.11 Å². The minimum atomic E-state index is -0.0905. The fraction of sp³-hybridized carbons (Fsp3) is 0.625. The van der Waals surface area contributed by atoms with Crippen molar-refractivity contribution in [2.75, 3.05) is 20.2 Å². The average molecular weight is 264 g/mol. The van der Waals surface area contributed by atoms with Gasteiger partial charge in [0.25, 0.3) is 0 Å². The van der Waals surface area contributed by atoms with E-state index >= 15 is 0 Å². The van der Waals surface area contributed by atoms with Crippen LogP contribution in [0, 0.1) is 0 Å². The maximum atomic E-state index is 5.95. The van der Waals surface area contributed by atoms with Crippen LogP contribution in [0.3, 0.4) is 0 Å². The number of hydrogen-bond donors (Lipinski definition) is 2. The second-order valence-electron chi connectivity index (χ2n) is 5.74. The molecule has 0 aliphatic rings. The van der Waals surface area contributed by atoms with E-state index in [0.717, 1.165) is 38.1 Å². The van der Waals surface area contributed by atoms with E-state index < -0.39 is 0 Å². The van der Waals surface area contributed by atoms with Crippen LogP contribution in [-0.4, -0.2) is 25.7 Å². The molecule has 1 rings (SSSR count). The number of rotatable bonds is 8. The minimum Gasteiger partial charge on any atom is -0.496 e. The molecular weight excluding hydrogens is 236 g/mol. The SMILES string of the molecule is CCc1ccc(OC)c(CCNCCC(C)(C)N)c1. The molecule has 0 aromatic heterocycles. The Hall–Kier alpha value is -1.06. The number of ether oxygens (including phenoxy) is 1. The first-order chi connectivity index (χ1) is 8.96. The van der Waals surface area contributed by atoms with E-state index in [4.69, 9.17) is 10.5 Å². The molecule has 0 unspecified atom stereocenters. The Kier molecular flexibility index (Phi) is 6.32. The molecule has 0 atom stereocenters. The van der Waals surface area contributed by atoms with Gasteiger partial charge in [-0.2, -0.15) is 0 Å². The Morgan fingerprint density at radius 3 is 2.58 bits per heavy atom. The van der Waals surface area contributed by atoms with Crippen LogP contribution in [0.4, 0.5) is 0 Å². The van der Waals surface area contributed by atoms with Crippen LogP contribution in [0.15, 0.2) is 18.2 Å². The maximum Gasteiger partial charge on any atom is 0.122 e. The Morgan fingerprint density at radius 2 is 2.00 bits per heavy atom. The van der Waals surface area contributed by atoms with Crippen LogP contribution in [0.1, 0.15) is 38.3 Å². The van der Waals surface area contributed by atoms with Crippen molar-refractivity contribution in [2.45, 2.75) is 45.6 Å². The van der Waals surface area contributed by atoms with Gasteiger partial charge in [-0.3, -0.25) is 0 Å². The molecule has 0 aliphatic heterocycles. The molecule has 0 aliphatic carbocycles. The summed E-state index contributed by atoms with van der Waals surface area (Å²) in [5, 5.41) is 3.44. The second-order valence-corrected chi connectivity index (χ2v) is 5.74.